The molecule has 0 spiro atoms. The molecule has 2 aromatic carbocycles. The number of hydrogen-bond acceptors (Lipinski definition) is 6. The molecule has 0 saturated carbocycles. The fourth-order valence-corrected chi connectivity index (χ4v) is 4.71. The highest BCUT2D eigenvalue weighted by molar-refractivity contribution is 5.63. The van der Waals surface area contributed by atoms with Crippen molar-refractivity contribution in [2.75, 3.05) is 41.9 Å². The third-order valence-electron chi connectivity index (χ3n) is 6.94. The van der Waals surface area contributed by atoms with Gasteiger partial charge in [0.1, 0.15) is 11.6 Å². The molecule has 3 aromatic rings. The Balaban J connectivity index is 1.65. The molecular weight excluding hydrogens is 491 g/mol. The average Bonchev–Trinajstić information content (AvgIpc) is 2.83. The van der Waals surface area contributed by atoms with Crippen molar-refractivity contribution in [3.63, 3.8) is 0 Å². The number of aromatic nitrogens is 2. The SMILES string of the molecule is COc1ccc(N2CCN(c3nc(Nc4cc(C(C)(C)C)ccc4C)cc(C(F)(F)F)n3)CC2(C)C)cc1. The summed E-state index contributed by atoms with van der Waals surface area (Å²) < 4.78 is 47.0. The third-order valence-corrected chi connectivity index (χ3v) is 6.94. The van der Waals surface area contributed by atoms with Crippen molar-refractivity contribution >= 4 is 23.1 Å². The summed E-state index contributed by atoms with van der Waals surface area (Å²) in [7, 11) is 1.62. The van der Waals surface area contributed by atoms with E-state index in [9.17, 15) is 13.2 Å². The van der Waals surface area contributed by atoms with Crippen molar-refractivity contribution in [3.05, 3.63) is 65.4 Å². The molecule has 2 heterocycles. The maximum Gasteiger partial charge on any atom is 0.433 e. The van der Waals surface area contributed by atoms with Crippen molar-refractivity contribution in [1.29, 1.82) is 0 Å². The molecule has 0 unspecified atom stereocenters. The number of alkyl halides is 3. The van der Waals surface area contributed by atoms with Crippen LogP contribution in [0.3, 0.4) is 0 Å². The zero-order valence-corrected chi connectivity index (χ0v) is 23.1. The predicted octanol–water partition coefficient (Wildman–Crippen LogP) is 6.96. The molecule has 1 aliphatic rings. The van der Waals surface area contributed by atoms with Crippen LogP contribution in [0, 0.1) is 6.92 Å². The van der Waals surface area contributed by atoms with Crippen molar-refractivity contribution < 1.29 is 17.9 Å². The van der Waals surface area contributed by atoms with E-state index in [-0.39, 0.29) is 22.7 Å². The predicted molar refractivity (Wildman–Crippen MR) is 147 cm³/mol. The molecule has 9 heteroatoms. The van der Waals surface area contributed by atoms with Gasteiger partial charge in [-0.25, -0.2) is 4.98 Å². The number of halogens is 3. The molecule has 0 aliphatic carbocycles. The van der Waals surface area contributed by atoms with Crippen LogP contribution in [0.1, 0.15) is 51.4 Å². The summed E-state index contributed by atoms with van der Waals surface area (Å²) in [6, 6.07) is 14.8. The largest absolute Gasteiger partial charge is 0.497 e. The smallest absolute Gasteiger partial charge is 0.433 e. The number of benzene rings is 2. The summed E-state index contributed by atoms with van der Waals surface area (Å²) in [6.45, 7) is 13.9. The van der Waals surface area contributed by atoms with Gasteiger partial charge in [-0.1, -0.05) is 32.9 Å². The first-order chi connectivity index (χ1) is 17.7. The highest BCUT2D eigenvalue weighted by Crippen LogP contribution is 2.35. The lowest BCUT2D eigenvalue weighted by Gasteiger charge is -2.48. The van der Waals surface area contributed by atoms with E-state index in [1.54, 1.807) is 7.11 Å². The first-order valence-electron chi connectivity index (χ1n) is 12.7. The summed E-state index contributed by atoms with van der Waals surface area (Å²) in [5.74, 6) is 0.951. The molecule has 1 aliphatic heterocycles. The van der Waals surface area contributed by atoms with Crippen LogP contribution < -0.4 is 19.9 Å². The van der Waals surface area contributed by atoms with E-state index < -0.39 is 11.9 Å². The van der Waals surface area contributed by atoms with Crippen LogP contribution in [0.15, 0.2) is 48.5 Å². The Morgan fingerprint density at radius 2 is 1.63 bits per heavy atom. The Labute approximate surface area is 222 Å². The molecule has 204 valence electrons. The molecule has 6 nitrogen and oxygen atoms in total. The zero-order chi connectivity index (χ0) is 27.9. The van der Waals surface area contributed by atoms with Crippen LogP contribution in [-0.4, -0.2) is 42.3 Å². The number of hydrogen-bond donors (Lipinski definition) is 1. The number of nitrogens with zero attached hydrogens (tertiary/aromatic N) is 4. The summed E-state index contributed by atoms with van der Waals surface area (Å²) in [6.07, 6.45) is -4.60. The Bertz CT molecular complexity index is 1280. The quantitative estimate of drug-likeness (QED) is 0.387. The van der Waals surface area contributed by atoms with Gasteiger partial charge in [-0.05, 0) is 67.6 Å². The van der Waals surface area contributed by atoms with Gasteiger partial charge in [-0.15, -0.1) is 0 Å². The Hall–Kier alpha value is -3.49. The van der Waals surface area contributed by atoms with E-state index in [2.05, 4.69) is 54.8 Å². The molecular formula is C29H36F3N5O. The molecule has 0 atom stereocenters. The molecule has 1 saturated heterocycles. The summed E-state index contributed by atoms with van der Waals surface area (Å²) in [5, 5.41) is 3.14. The number of piperazine rings is 1. The van der Waals surface area contributed by atoms with Crippen LogP contribution in [0.4, 0.5) is 36.3 Å². The molecule has 0 amide bonds. The van der Waals surface area contributed by atoms with Crippen LogP contribution in [0.5, 0.6) is 5.75 Å². The lowest BCUT2D eigenvalue weighted by atomic mass is 9.86. The van der Waals surface area contributed by atoms with Crippen molar-refractivity contribution in [2.24, 2.45) is 0 Å². The molecule has 0 radical (unpaired) electrons. The van der Waals surface area contributed by atoms with E-state index in [0.717, 1.165) is 34.3 Å². The summed E-state index contributed by atoms with van der Waals surface area (Å²) >= 11 is 0. The number of methoxy groups -OCH3 is 1. The van der Waals surface area contributed by atoms with Gasteiger partial charge in [0, 0.05) is 37.1 Å². The van der Waals surface area contributed by atoms with Crippen molar-refractivity contribution in [1.82, 2.24) is 9.97 Å². The molecule has 1 aromatic heterocycles. The van der Waals surface area contributed by atoms with Gasteiger partial charge < -0.3 is 19.9 Å². The number of rotatable bonds is 5. The number of aryl methyl sites for hydroxylation is 1. The Kier molecular flexibility index (Phi) is 7.25. The first kappa shape index (κ1) is 27.5. The number of nitrogens with one attached hydrogen (secondary N) is 1. The van der Waals surface area contributed by atoms with Crippen molar-refractivity contribution in [2.45, 2.75) is 58.7 Å². The summed E-state index contributed by atoms with van der Waals surface area (Å²) in [4.78, 5) is 12.6. The van der Waals surface area contributed by atoms with Gasteiger partial charge in [0.25, 0.3) is 0 Å². The van der Waals surface area contributed by atoms with E-state index in [4.69, 9.17) is 4.74 Å². The molecule has 0 bridgehead atoms. The lowest BCUT2D eigenvalue weighted by Crippen LogP contribution is -2.60. The maximum absolute atomic E-state index is 13.9. The molecule has 1 fully saturated rings. The van der Waals surface area contributed by atoms with E-state index in [0.29, 0.717) is 19.6 Å². The Morgan fingerprint density at radius 1 is 0.947 bits per heavy atom. The minimum absolute atomic E-state index is 0.0643. The topological polar surface area (TPSA) is 53.5 Å². The molecule has 1 N–H and O–H groups in total. The van der Waals surface area contributed by atoms with Gasteiger partial charge in [-0.2, -0.15) is 18.2 Å². The minimum atomic E-state index is -4.60. The minimum Gasteiger partial charge on any atom is -0.497 e. The molecule has 4 rings (SSSR count). The summed E-state index contributed by atoms with van der Waals surface area (Å²) in [5.41, 5.74) is 2.29. The van der Waals surface area contributed by atoms with Crippen LogP contribution in [-0.2, 0) is 11.6 Å². The van der Waals surface area contributed by atoms with Crippen LogP contribution in [0.2, 0.25) is 0 Å². The van der Waals surface area contributed by atoms with Crippen LogP contribution >= 0.6 is 0 Å². The van der Waals surface area contributed by atoms with Gasteiger partial charge >= 0.3 is 6.18 Å². The highest BCUT2D eigenvalue weighted by atomic mass is 19.4. The fourth-order valence-electron chi connectivity index (χ4n) is 4.71. The highest BCUT2D eigenvalue weighted by Gasteiger charge is 2.38. The van der Waals surface area contributed by atoms with Gasteiger partial charge in [0.2, 0.25) is 5.95 Å². The molecule has 38 heavy (non-hydrogen) atoms. The second-order valence-electron chi connectivity index (χ2n) is 11.4. The van der Waals surface area contributed by atoms with E-state index >= 15 is 0 Å². The second-order valence-corrected chi connectivity index (χ2v) is 11.4. The average molecular weight is 528 g/mol. The fraction of sp³-hybridized carbons (Fsp3) is 0.448. The van der Waals surface area contributed by atoms with Gasteiger partial charge in [0.05, 0.1) is 12.6 Å². The zero-order valence-electron chi connectivity index (χ0n) is 23.1. The maximum atomic E-state index is 13.9. The lowest BCUT2D eigenvalue weighted by molar-refractivity contribution is -0.141. The normalized spacial score (nSPS) is 15.9. The van der Waals surface area contributed by atoms with Crippen LogP contribution in [0.25, 0.3) is 0 Å². The van der Waals surface area contributed by atoms with Gasteiger partial charge in [-0.3, -0.25) is 0 Å². The Morgan fingerprint density at radius 3 is 2.21 bits per heavy atom. The third kappa shape index (κ3) is 5.97. The number of ether oxygens (including phenoxy) is 1. The second kappa shape index (κ2) is 10.0. The monoisotopic (exact) mass is 527 g/mol. The standard InChI is InChI=1S/C29H36F3N5O/c1-19-8-9-20(27(2,3)4)16-23(19)33-25-17-24(29(30,31)32)34-26(35-25)36-14-15-37(28(5,6)18-36)21-10-12-22(38-7)13-11-21/h8-13,16-17H,14-15,18H2,1-7H3,(H,33,34,35). The van der Waals surface area contributed by atoms with Crippen molar-refractivity contribution in [3.8, 4) is 5.75 Å². The number of anilines is 4. The first-order valence-corrected chi connectivity index (χ1v) is 12.7. The van der Waals surface area contributed by atoms with Gasteiger partial charge in [0.15, 0.2) is 5.69 Å². The van der Waals surface area contributed by atoms with E-state index in [1.807, 2.05) is 54.3 Å². The van der Waals surface area contributed by atoms with E-state index in [1.165, 1.54) is 0 Å².